The molecular weight excluding hydrogens is 246 g/mol. The Balaban J connectivity index is 1.93. The molecule has 0 aromatic heterocycles. The predicted octanol–water partition coefficient (Wildman–Crippen LogP) is 2.22. The van der Waals surface area contributed by atoms with Crippen molar-refractivity contribution in [1.82, 2.24) is 5.32 Å². The summed E-state index contributed by atoms with van der Waals surface area (Å²) in [5.41, 5.74) is 2.69. The van der Waals surface area contributed by atoms with Crippen LogP contribution in [0.25, 0.3) is 0 Å². The summed E-state index contributed by atoms with van der Waals surface area (Å²) in [5, 5.41) is 4.04. The van der Waals surface area contributed by atoms with Gasteiger partial charge in [0, 0.05) is 25.1 Å². The monoisotopic (exact) mass is 267 g/mol. The lowest BCUT2D eigenvalue weighted by Crippen LogP contribution is -2.30. The van der Waals surface area contributed by atoms with E-state index >= 15 is 0 Å². The summed E-state index contributed by atoms with van der Waals surface area (Å²) in [6.07, 6.45) is 0. The number of thioether (sulfide) groups is 1. The van der Waals surface area contributed by atoms with Crippen molar-refractivity contribution < 1.29 is 9.47 Å². The van der Waals surface area contributed by atoms with E-state index in [4.69, 9.17) is 9.47 Å². The van der Waals surface area contributed by atoms with Crippen LogP contribution in [0.15, 0.2) is 23.1 Å². The van der Waals surface area contributed by atoms with Gasteiger partial charge in [0.05, 0.1) is 25.1 Å². The zero-order valence-corrected chi connectivity index (χ0v) is 11.9. The van der Waals surface area contributed by atoms with Crippen LogP contribution in [0.4, 0.5) is 0 Å². The van der Waals surface area contributed by atoms with Crippen LogP contribution in [0.2, 0.25) is 0 Å². The van der Waals surface area contributed by atoms with Crippen LogP contribution >= 0.6 is 11.8 Å². The molecule has 1 aromatic carbocycles. The summed E-state index contributed by atoms with van der Waals surface area (Å²) in [6, 6.07) is 6.67. The fourth-order valence-electron chi connectivity index (χ4n) is 1.82. The number of hydrogen-bond acceptors (Lipinski definition) is 4. The number of ether oxygens (including phenoxy) is 2. The lowest BCUT2D eigenvalue weighted by Gasteiger charge is -2.26. The molecule has 0 spiro atoms. The van der Waals surface area contributed by atoms with E-state index in [1.807, 2.05) is 11.8 Å². The summed E-state index contributed by atoms with van der Waals surface area (Å²) in [5.74, 6) is 0. The molecular formula is C14H21NO2S. The zero-order chi connectivity index (χ0) is 12.8. The van der Waals surface area contributed by atoms with Gasteiger partial charge in [-0.1, -0.05) is 17.7 Å². The number of aryl methyl sites for hydroxylation is 1. The van der Waals surface area contributed by atoms with E-state index in [9.17, 15) is 0 Å². The smallest absolute Gasteiger partial charge is 0.0611 e. The fourth-order valence-corrected chi connectivity index (χ4v) is 2.94. The van der Waals surface area contributed by atoms with E-state index in [-0.39, 0.29) is 0 Å². The van der Waals surface area contributed by atoms with Crippen molar-refractivity contribution in [2.24, 2.45) is 0 Å². The van der Waals surface area contributed by atoms with E-state index in [0.717, 1.165) is 32.9 Å². The van der Waals surface area contributed by atoms with Gasteiger partial charge >= 0.3 is 0 Å². The van der Waals surface area contributed by atoms with E-state index in [1.54, 1.807) is 7.11 Å². The molecule has 2 rings (SSSR count). The second kappa shape index (κ2) is 7.14. The van der Waals surface area contributed by atoms with Crippen LogP contribution in [-0.2, 0) is 16.0 Å². The summed E-state index contributed by atoms with van der Waals surface area (Å²) in [6.45, 7) is 6.45. The molecule has 1 fully saturated rings. The topological polar surface area (TPSA) is 30.5 Å². The van der Waals surface area contributed by atoms with Crippen LogP contribution in [0, 0.1) is 6.92 Å². The highest BCUT2D eigenvalue weighted by Crippen LogP contribution is 2.31. The first-order valence-corrected chi connectivity index (χ1v) is 7.21. The number of nitrogens with one attached hydrogen (secondary N) is 1. The van der Waals surface area contributed by atoms with Gasteiger partial charge in [0.1, 0.15) is 0 Å². The first kappa shape index (κ1) is 13.9. The highest BCUT2D eigenvalue weighted by atomic mass is 32.2. The van der Waals surface area contributed by atoms with E-state index in [1.165, 1.54) is 16.0 Å². The van der Waals surface area contributed by atoms with Gasteiger partial charge in [-0.2, -0.15) is 0 Å². The lowest BCUT2D eigenvalue weighted by atomic mass is 10.1. The number of benzene rings is 1. The Morgan fingerprint density at radius 1 is 1.44 bits per heavy atom. The van der Waals surface area contributed by atoms with E-state index < -0.39 is 0 Å². The van der Waals surface area contributed by atoms with E-state index in [2.05, 4.69) is 30.4 Å². The maximum atomic E-state index is 5.23. The molecule has 0 saturated carbocycles. The highest BCUT2D eigenvalue weighted by Gasteiger charge is 2.20. The van der Waals surface area contributed by atoms with Crippen molar-refractivity contribution >= 4 is 11.8 Å². The third-order valence-electron chi connectivity index (χ3n) is 2.92. The van der Waals surface area contributed by atoms with Crippen molar-refractivity contribution in [3.8, 4) is 0 Å². The van der Waals surface area contributed by atoms with Gasteiger partial charge in [-0.25, -0.2) is 0 Å². The quantitative estimate of drug-likeness (QED) is 0.767. The molecule has 1 heterocycles. The van der Waals surface area contributed by atoms with Gasteiger partial charge in [-0.15, -0.1) is 11.8 Å². The molecule has 0 atom stereocenters. The molecule has 18 heavy (non-hydrogen) atoms. The number of rotatable bonds is 7. The molecule has 3 nitrogen and oxygen atoms in total. The Kier molecular flexibility index (Phi) is 5.50. The molecule has 1 aliphatic heterocycles. The third kappa shape index (κ3) is 3.99. The van der Waals surface area contributed by atoms with Gasteiger partial charge in [0.25, 0.3) is 0 Å². The average molecular weight is 267 g/mol. The molecule has 1 saturated heterocycles. The van der Waals surface area contributed by atoms with Crippen molar-refractivity contribution in [2.45, 2.75) is 23.6 Å². The maximum absolute atomic E-state index is 5.23. The largest absolute Gasteiger partial charge is 0.383 e. The Bertz CT molecular complexity index is 380. The average Bonchev–Trinajstić information content (AvgIpc) is 2.31. The van der Waals surface area contributed by atoms with Gasteiger partial charge in [-0.3, -0.25) is 0 Å². The van der Waals surface area contributed by atoms with Crippen molar-refractivity contribution in [3.05, 3.63) is 29.3 Å². The second-order valence-corrected chi connectivity index (χ2v) is 5.90. The van der Waals surface area contributed by atoms with Crippen molar-refractivity contribution in [1.29, 1.82) is 0 Å². The third-order valence-corrected chi connectivity index (χ3v) is 4.17. The Labute approximate surface area is 113 Å². The maximum Gasteiger partial charge on any atom is 0.0611 e. The molecule has 0 aliphatic carbocycles. The van der Waals surface area contributed by atoms with E-state index in [0.29, 0.717) is 5.25 Å². The standard InChI is InChI=1S/C14H21NO2S/c1-11-3-4-14(18-13-9-17-10-13)12(7-11)8-15-5-6-16-2/h3-4,7,13,15H,5-6,8-10H2,1-2H3. The first-order valence-electron chi connectivity index (χ1n) is 6.33. The van der Waals surface area contributed by atoms with Crippen molar-refractivity contribution in [3.63, 3.8) is 0 Å². The molecule has 4 heteroatoms. The molecule has 0 bridgehead atoms. The Morgan fingerprint density at radius 3 is 2.94 bits per heavy atom. The minimum Gasteiger partial charge on any atom is -0.383 e. The molecule has 100 valence electrons. The van der Waals surface area contributed by atoms with Crippen LogP contribution in [0.3, 0.4) is 0 Å². The highest BCUT2D eigenvalue weighted by molar-refractivity contribution is 8.00. The normalized spacial score (nSPS) is 15.7. The first-order chi connectivity index (χ1) is 8.79. The summed E-state index contributed by atoms with van der Waals surface area (Å²) < 4.78 is 10.3. The molecule has 1 N–H and O–H groups in total. The van der Waals surface area contributed by atoms with Crippen molar-refractivity contribution in [2.75, 3.05) is 33.5 Å². The summed E-state index contributed by atoms with van der Waals surface area (Å²) in [4.78, 5) is 1.37. The fraction of sp³-hybridized carbons (Fsp3) is 0.571. The van der Waals surface area contributed by atoms with Gasteiger partial charge in [-0.05, 0) is 18.6 Å². The van der Waals surface area contributed by atoms with Crippen LogP contribution in [0.5, 0.6) is 0 Å². The molecule has 1 aromatic rings. The molecule has 0 unspecified atom stereocenters. The number of methoxy groups -OCH3 is 1. The second-order valence-electron chi connectivity index (χ2n) is 4.56. The predicted molar refractivity (Wildman–Crippen MR) is 75.2 cm³/mol. The summed E-state index contributed by atoms with van der Waals surface area (Å²) in [7, 11) is 1.73. The number of hydrogen-bond donors (Lipinski definition) is 1. The minimum atomic E-state index is 0.630. The van der Waals surface area contributed by atoms with Gasteiger partial charge < -0.3 is 14.8 Å². The Hall–Kier alpha value is -0.550. The lowest BCUT2D eigenvalue weighted by molar-refractivity contribution is 0.0455. The summed E-state index contributed by atoms with van der Waals surface area (Å²) >= 11 is 1.93. The van der Waals surface area contributed by atoms with Crippen LogP contribution < -0.4 is 5.32 Å². The molecule has 0 radical (unpaired) electrons. The SMILES string of the molecule is COCCNCc1cc(C)ccc1SC1COC1. The molecule has 1 aliphatic rings. The Morgan fingerprint density at radius 2 is 2.28 bits per heavy atom. The molecule has 0 amide bonds. The zero-order valence-electron chi connectivity index (χ0n) is 11.1. The van der Waals surface area contributed by atoms with Crippen LogP contribution in [-0.4, -0.2) is 38.7 Å². The van der Waals surface area contributed by atoms with Gasteiger partial charge in [0.2, 0.25) is 0 Å². The minimum absolute atomic E-state index is 0.630. The van der Waals surface area contributed by atoms with Gasteiger partial charge in [0.15, 0.2) is 0 Å². The van der Waals surface area contributed by atoms with Crippen LogP contribution in [0.1, 0.15) is 11.1 Å².